The molecule has 8 heteroatoms. The molecular formula is C17H12ClN3O4. The zero-order valence-corrected chi connectivity index (χ0v) is 13.5. The first kappa shape index (κ1) is 18.0. The predicted molar refractivity (Wildman–Crippen MR) is 92.3 cm³/mol. The fraction of sp³-hybridized carbons (Fsp3) is 0.0588. The number of hydrogen-bond acceptors (Lipinski definition) is 4. The number of halogens is 1. The maximum absolute atomic E-state index is 12.0. The van der Waals surface area contributed by atoms with Gasteiger partial charge in [-0.05, 0) is 36.4 Å². The van der Waals surface area contributed by atoms with Crippen molar-refractivity contribution in [3.05, 3.63) is 74.3 Å². The van der Waals surface area contributed by atoms with Gasteiger partial charge in [0.05, 0.1) is 11.5 Å². The Morgan fingerprint density at radius 3 is 2.40 bits per heavy atom. The summed E-state index contributed by atoms with van der Waals surface area (Å²) in [5.74, 6) is 4.53. The average Bonchev–Trinajstić information content (AvgIpc) is 2.59. The van der Waals surface area contributed by atoms with Crippen LogP contribution in [0.1, 0.15) is 26.3 Å². The number of rotatable bonds is 4. The zero-order chi connectivity index (χ0) is 18.4. The number of nitrogens with two attached hydrogens (primary N) is 1. The first-order chi connectivity index (χ1) is 11.9. The standard InChI is InChI=1S/C17H12ClN3O4/c18-14-8-7-13(10-15(14)21(24)25)17(23)20-9-1-2-11-3-5-12(6-4-11)16(19)22/h3-8,10H,9H2,(H2,19,22)(H,20,23). The van der Waals surface area contributed by atoms with Gasteiger partial charge in [0.15, 0.2) is 0 Å². The van der Waals surface area contributed by atoms with E-state index in [4.69, 9.17) is 17.3 Å². The molecule has 0 unspecified atom stereocenters. The summed E-state index contributed by atoms with van der Waals surface area (Å²) in [5.41, 5.74) is 5.95. The fourth-order valence-electron chi connectivity index (χ4n) is 1.88. The van der Waals surface area contributed by atoms with Crippen molar-refractivity contribution in [2.45, 2.75) is 0 Å². The Bertz CT molecular complexity index is 898. The lowest BCUT2D eigenvalue weighted by Gasteiger charge is -2.02. The van der Waals surface area contributed by atoms with Crippen LogP contribution in [0.2, 0.25) is 5.02 Å². The van der Waals surface area contributed by atoms with E-state index in [-0.39, 0.29) is 22.8 Å². The molecule has 0 aromatic heterocycles. The van der Waals surface area contributed by atoms with Crippen LogP contribution in [-0.2, 0) is 0 Å². The molecule has 0 saturated carbocycles. The number of nitro groups is 1. The Morgan fingerprint density at radius 1 is 1.16 bits per heavy atom. The van der Waals surface area contributed by atoms with Gasteiger partial charge in [0.1, 0.15) is 5.02 Å². The largest absolute Gasteiger partial charge is 0.366 e. The van der Waals surface area contributed by atoms with E-state index in [0.717, 1.165) is 6.07 Å². The molecular weight excluding hydrogens is 346 g/mol. The number of hydrogen-bond donors (Lipinski definition) is 2. The van der Waals surface area contributed by atoms with Crippen LogP contribution in [0.4, 0.5) is 5.69 Å². The van der Waals surface area contributed by atoms with Crippen LogP contribution >= 0.6 is 11.6 Å². The van der Waals surface area contributed by atoms with E-state index in [0.29, 0.717) is 11.1 Å². The number of carbonyl (C=O) groups excluding carboxylic acids is 2. The monoisotopic (exact) mass is 357 g/mol. The molecule has 2 aromatic carbocycles. The summed E-state index contributed by atoms with van der Waals surface area (Å²) in [5, 5.41) is 13.3. The van der Waals surface area contributed by atoms with Crippen LogP contribution in [0.25, 0.3) is 0 Å². The van der Waals surface area contributed by atoms with E-state index in [2.05, 4.69) is 17.2 Å². The molecule has 0 fully saturated rings. The minimum Gasteiger partial charge on any atom is -0.366 e. The molecule has 2 aromatic rings. The molecule has 126 valence electrons. The Hall–Kier alpha value is -3.37. The van der Waals surface area contributed by atoms with Crippen LogP contribution in [0, 0.1) is 22.0 Å². The van der Waals surface area contributed by atoms with Gasteiger partial charge in [-0.15, -0.1) is 0 Å². The molecule has 7 nitrogen and oxygen atoms in total. The molecule has 25 heavy (non-hydrogen) atoms. The van der Waals surface area contributed by atoms with Gasteiger partial charge in [-0.3, -0.25) is 19.7 Å². The van der Waals surface area contributed by atoms with E-state index >= 15 is 0 Å². The van der Waals surface area contributed by atoms with Crippen LogP contribution in [0.3, 0.4) is 0 Å². The van der Waals surface area contributed by atoms with Crippen molar-refractivity contribution in [2.24, 2.45) is 5.73 Å². The smallest absolute Gasteiger partial charge is 0.288 e. The second-order valence-corrected chi connectivity index (χ2v) is 5.26. The van der Waals surface area contributed by atoms with E-state index in [9.17, 15) is 19.7 Å². The predicted octanol–water partition coefficient (Wildman–Crippen LogP) is 2.13. The maximum Gasteiger partial charge on any atom is 0.288 e. The summed E-state index contributed by atoms with van der Waals surface area (Å²) in [6, 6.07) is 10.2. The summed E-state index contributed by atoms with van der Waals surface area (Å²) in [6.45, 7) is 0.0484. The summed E-state index contributed by atoms with van der Waals surface area (Å²) in [6.07, 6.45) is 0. The molecule has 0 heterocycles. The van der Waals surface area contributed by atoms with E-state index in [1.54, 1.807) is 24.3 Å². The number of nitrogens with zero attached hydrogens (tertiary/aromatic N) is 1. The van der Waals surface area contributed by atoms with Crippen molar-refractivity contribution in [1.29, 1.82) is 0 Å². The molecule has 0 aliphatic carbocycles. The minimum atomic E-state index is -0.658. The first-order valence-corrected chi connectivity index (χ1v) is 7.37. The molecule has 0 saturated heterocycles. The maximum atomic E-state index is 12.0. The molecule has 0 radical (unpaired) electrons. The van der Waals surface area contributed by atoms with Crippen LogP contribution in [0.15, 0.2) is 42.5 Å². The second-order valence-electron chi connectivity index (χ2n) is 4.85. The third-order valence-electron chi connectivity index (χ3n) is 3.14. The minimum absolute atomic E-state index is 0.0410. The van der Waals surface area contributed by atoms with Crippen molar-refractivity contribution in [3.63, 3.8) is 0 Å². The Kier molecular flexibility index (Phi) is 5.71. The van der Waals surface area contributed by atoms with Crippen molar-refractivity contribution < 1.29 is 14.5 Å². The lowest BCUT2D eigenvalue weighted by atomic mass is 10.1. The van der Waals surface area contributed by atoms with Crippen molar-refractivity contribution >= 4 is 29.1 Å². The molecule has 0 aliphatic rings. The van der Waals surface area contributed by atoms with Gasteiger partial charge in [-0.2, -0.15) is 0 Å². The van der Waals surface area contributed by atoms with E-state index in [1.807, 2.05) is 0 Å². The second kappa shape index (κ2) is 7.95. The van der Waals surface area contributed by atoms with Crippen LogP contribution < -0.4 is 11.1 Å². The number of nitrogens with one attached hydrogen (secondary N) is 1. The number of amides is 2. The third kappa shape index (κ3) is 4.80. The van der Waals surface area contributed by atoms with Crippen LogP contribution in [-0.4, -0.2) is 23.3 Å². The number of primary amides is 1. The Morgan fingerprint density at radius 2 is 1.80 bits per heavy atom. The normalized spacial score (nSPS) is 9.64. The van der Waals surface area contributed by atoms with Gasteiger partial charge >= 0.3 is 0 Å². The summed E-state index contributed by atoms with van der Waals surface area (Å²) in [7, 11) is 0. The van der Waals surface area contributed by atoms with Gasteiger partial charge < -0.3 is 11.1 Å². The van der Waals surface area contributed by atoms with Crippen molar-refractivity contribution in [3.8, 4) is 11.8 Å². The quantitative estimate of drug-likeness (QED) is 0.495. The van der Waals surface area contributed by atoms with E-state index in [1.165, 1.54) is 12.1 Å². The van der Waals surface area contributed by atoms with Crippen LogP contribution in [0.5, 0.6) is 0 Å². The van der Waals surface area contributed by atoms with Gasteiger partial charge in [0, 0.05) is 22.8 Å². The Balaban J connectivity index is 1.98. The highest BCUT2D eigenvalue weighted by Gasteiger charge is 2.15. The van der Waals surface area contributed by atoms with Crippen molar-refractivity contribution in [1.82, 2.24) is 5.32 Å². The highest BCUT2D eigenvalue weighted by Crippen LogP contribution is 2.24. The molecule has 2 rings (SSSR count). The fourth-order valence-corrected chi connectivity index (χ4v) is 2.07. The first-order valence-electron chi connectivity index (χ1n) is 6.99. The number of benzene rings is 2. The molecule has 0 aliphatic heterocycles. The molecule has 0 bridgehead atoms. The van der Waals surface area contributed by atoms with Gasteiger partial charge in [0.25, 0.3) is 11.6 Å². The molecule has 0 atom stereocenters. The number of carbonyl (C=O) groups is 2. The summed E-state index contributed by atoms with van der Waals surface area (Å²) >= 11 is 5.70. The summed E-state index contributed by atoms with van der Waals surface area (Å²) in [4.78, 5) is 33.1. The zero-order valence-electron chi connectivity index (χ0n) is 12.8. The molecule has 2 amide bonds. The Labute approximate surface area is 147 Å². The number of nitro benzene ring substituents is 1. The summed E-state index contributed by atoms with van der Waals surface area (Å²) < 4.78 is 0. The molecule has 0 spiro atoms. The van der Waals surface area contributed by atoms with Gasteiger partial charge in [0.2, 0.25) is 5.91 Å². The highest BCUT2D eigenvalue weighted by molar-refractivity contribution is 6.32. The van der Waals surface area contributed by atoms with E-state index < -0.39 is 16.7 Å². The highest BCUT2D eigenvalue weighted by atomic mass is 35.5. The lowest BCUT2D eigenvalue weighted by Crippen LogP contribution is -2.23. The third-order valence-corrected chi connectivity index (χ3v) is 3.46. The topological polar surface area (TPSA) is 115 Å². The van der Waals surface area contributed by atoms with Gasteiger partial charge in [-0.25, -0.2) is 0 Å². The molecule has 3 N–H and O–H groups in total. The van der Waals surface area contributed by atoms with Crippen molar-refractivity contribution in [2.75, 3.05) is 6.54 Å². The SMILES string of the molecule is NC(=O)c1ccc(C#CCNC(=O)c2ccc(Cl)c([N+](=O)[O-])c2)cc1. The lowest BCUT2D eigenvalue weighted by molar-refractivity contribution is -0.384. The average molecular weight is 358 g/mol. The van der Waals surface area contributed by atoms with Gasteiger partial charge in [-0.1, -0.05) is 23.4 Å².